The predicted octanol–water partition coefficient (Wildman–Crippen LogP) is 3.05. The van der Waals surface area contributed by atoms with Crippen molar-refractivity contribution in [2.24, 2.45) is 5.92 Å². The molecule has 1 N–H and O–H groups in total. The maximum atomic E-state index is 12.5. The molecular weight excluding hydrogens is 224 g/mol. The highest BCUT2D eigenvalue weighted by molar-refractivity contribution is 6.19. The number of benzene rings is 2. The van der Waals surface area contributed by atoms with Gasteiger partial charge in [-0.15, -0.1) is 6.58 Å². The molecule has 2 unspecified atom stereocenters. The van der Waals surface area contributed by atoms with Crippen LogP contribution in [0.2, 0.25) is 0 Å². The second-order valence-corrected chi connectivity index (χ2v) is 4.83. The number of aliphatic hydroxyl groups is 1. The Morgan fingerprint density at radius 2 is 1.94 bits per heavy atom. The molecule has 3 rings (SSSR count). The molecule has 18 heavy (non-hydrogen) atoms. The van der Waals surface area contributed by atoms with E-state index in [2.05, 4.69) is 6.58 Å². The zero-order valence-electron chi connectivity index (χ0n) is 10.2. The number of rotatable bonds is 2. The van der Waals surface area contributed by atoms with Crippen LogP contribution in [0.25, 0.3) is 10.8 Å². The van der Waals surface area contributed by atoms with Crippen molar-refractivity contribution in [2.75, 3.05) is 0 Å². The first kappa shape index (κ1) is 11.2. The number of carbonyl (C=O) groups excluding carboxylic acids is 1. The molecule has 0 radical (unpaired) electrons. The monoisotopic (exact) mass is 238 g/mol. The van der Waals surface area contributed by atoms with Crippen LogP contribution in [0.15, 0.2) is 49.1 Å². The first-order valence-electron chi connectivity index (χ1n) is 6.02. The number of hydrogen-bond acceptors (Lipinski definition) is 2. The van der Waals surface area contributed by atoms with Crippen LogP contribution in [-0.2, 0) is 5.60 Å². The fraction of sp³-hybridized carbons (Fsp3) is 0.188. The van der Waals surface area contributed by atoms with Crippen molar-refractivity contribution in [3.8, 4) is 0 Å². The van der Waals surface area contributed by atoms with Crippen molar-refractivity contribution >= 4 is 16.6 Å². The van der Waals surface area contributed by atoms with E-state index in [-0.39, 0.29) is 11.7 Å². The van der Waals surface area contributed by atoms with Gasteiger partial charge in [0.2, 0.25) is 0 Å². The van der Waals surface area contributed by atoms with Crippen molar-refractivity contribution in [1.82, 2.24) is 0 Å². The summed E-state index contributed by atoms with van der Waals surface area (Å²) in [5, 5.41) is 12.7. The summed E-state index contributed by atoms with van der Waals surface area (Å²) < 4.78 is 0. The van der Waals surface area contributed by atoms with Gasteiger partial charge in [0.1, 0.15) is 0 Å². The average molecular weight is 238 g/mol. The average Bonchev–Trinajstić information content (AvgIpc) is 2.64. The third-order valence-corrected chi connectivity index (χ3v) is 3.92. The van der Waals surface area contributed by atoms with Gasteiger partial charge in [-0.3, -0.25) is 4.79 Å². The Morgan fingerprint density at radius 1 is 1.28 bits per heavy atom. The standard InChI is InChI=1S/C16H14O2/c1-3-10(2)16(18)13-9-5-7-11-6-4-8-12(14(11)13)15(16)17/h3-10,18H,1H2,2H3. The van der Waals surface area contributed by atoms with E-state index in [9.17, 15) is 9.90 Å². The SMILES string of the molecule is C=CC(C)C1(O)C(=O)c2cccc3cccc1c23. The van der Waals surface area contributed by atoms with Crippen LogP contribution in [0.5, 0.6) is 0 Å². The molecule has 2 aromatic rings. The van der Waals surface area contributed by atoms with E-state index in [1.54, 1.807) is 12.1 Å². The zero-order valence-corrected chi connectivity index (χ0v) is 10.2. The Balaban J connectivity index is 2.42. The molecule has 0 amide bonds. The summed E-state index contributed by atoms with van der Waals surface area (Å²) in [4.78, 5) is 12.5. The van der Waals surface area contributed by atoms with E-state index in [1.807, 2.05) is 37.3 Å². The van der Waals surface area contributed by atoms with E-state index in [4.69, 9.17) is 0 Å². The first-order valence-corrected chi connectivity index (χ1v) is 6.02. The second-order valence-electron chi connectivity index (χ2n) is 4.83. The number of ketones is 1. The van der Waals surface area contributed by atoms with Crippen LogP contribution < -0.4 is 0 Å². The molecule has 0 heterocycles. The lowest BCUT2D eigenvalue weighted by atomic mass is 9.82. The summed E-state index contributed by atoms with van der Waals surface area (Å²) in [5.74, 6) is -0.537. The largest absolute Gasteiger partial charge is 0.376 e. The zero-order chi connectivity index (χ0) is 12.9. The molecule has 2 aromatic carbocycles. The van der Waals surface area contributed by atoms with E-state index >= 15 is 0 Å². The van der Waals surface area contributed by atoms with Crippen molar-refractivity contribution in [3.05, 3.63) is 60.2 Å². The molecule has 2 heteroatoms. The van der Waals surface area contributed by atoms with Crippen LogP contribution in [0.3, 0.4) is 0 Å². The Kier molecular flexibility index (Phi) is 2.19. The van der Waals surface area contributed by atoms with Crippen LogP contribution >= 0.6 is 0 Å². The van der Waals surface area contributed by atoms with Gasteiger partial charge in [-0.05, 0) is 10.8 Å². The third-order valence-electron chi connectivity index (χ3n) is 3.92. The minimum absolute atomic E-state index is 0.221. The molecule has 90 valence electrons. The molecular formula is C16H14O2. The summed E-state index contributed by atoms with van der Waals surface area (Å²) in [7, 11) is 0. The molecule has 0 aliphatic heterocycles. The third kappa shape index (κ3) is 1.13. The highest BCUT2D eigenvalue weighted by Crippen LogP contribution is 2.45. The van der Waals surface area contributed by atoms with Gasteiger partial charge in [-0.2, -0.15) is 0 Å². The van der Waals surface area contributed by atoms with Gasteiger partial charge in [0.05, 0.1) is 0 Å². The minimum atomic E-state index is -1.47. The van der Waals surface area contributed by atoms with Crippen LogP contribution in [0.1, 0.15) is 22.8 Å². The quantitative estimate of drug-likeness (QED) is 0.816. The number of Topliss-reactive ketones (excluding diaryl/α,β-unsaturated/α-hetero) is 1. The summed E-state index contributed by atoms with van der Waals surface area (Å²) in [6.45, 7) is 5.51. The lowest BCUT2D eigenvalue weighted by molar-refractivity contribution is 0.0137. The molecule has 0 fully saturated rings. The van der Waals surface area contributed by atoms with Crippen LogP contribution in [0, 0.1) is 5.92 Å². The maximum absolute atomic E-state index is 12.5. The highest BCUT2D eigenvalue weighted by Gasteiger charge is 2.48. The Bertz CT molecular complexity index is 667. The van der Waals surface area contributed by atoms with Crippen molar-refractivity contribution in [3.63, 3.8) is 0 Å². The van der Waals surface area contributed by atoms with Gasteiger partial charge in [-0.25, -0.2) is 0 Å². The van der Waals surface area contributed by atoms with E-state index < -0.39 is 5.60 Å². The molecule has 0 saturated heterocycles. The van der Waals surface area contributed by atoms with Crippen molar-refractivity contribution < 1.29 is 9.90 Å². The summed E-state index contributed by atoms with van der Waals surface area (Å²) in [6, 6.07) is 11.3. The summed E-state index contributed by atoms with van der Waals surface area (Å²) >= 11 is 0. The second kappa shape index (κ2) is 3.53. The molecule has 0 aromatic heterocycles. The topological polar surface area (TPSA) is 37.3 Å². The van der Waals surface area contributed by atoms with Gasteiger partial charge in [0.15, 0.2) is 11.4 Å². The van der Waals surface area contributed by atoms with Crippen molar-refractivity contribution in [2.45, 2.75) is 12.5 Å². The van der Waals surface area contributed by atoms with E-state index in [0.29, 0.717) is 11.1 Å². The lowest BCUT2D eigenvalue weighted by Gasteiger charge is -2.27. The van der Waals surface area contributed by atoms with Gasteiger partial charge in [0.25, 0.3) is 0 Å². The van der Waals surface area contributed by atoms with Crippen molar-refractivity contribution in [1.29, 1.82) is 0 Å². The van der Waals surface area contributed by atoms with E-state index in [1.165, 1.54) is 0 Å². The molecule has 0 spiro atoms. The van der Waals surface area contributed by atoms with Crippen LogP contribution in [-0.4, -0.2) is 10.9 Å². The summed E-state index contributed by atoms with van der Waals surface area (Å²) in [6.07, 6.45) is 1.63. The highest BCUT2D eigenvalue weighted by atomic mass is 16.3. The molecule has 0 bridgehead atoms. The first-order chi connectivity index (χ1) is 8.60. The predicted molar refractivity (Wildman–Crippen MR) is 71.5 cm³/mol. The molecule has 0 saturated carbocycles. The van der Waals surface area contributed by atoms with Gasteiger partial charge < -0.3 is 5.11 Å². The Hall–Kier alpha value is -1.93. The van der Waals surface area contributed by atoms with Gasteiger partial charge in [-0.1, -0.05) is 49.4 Å². The van der Waals surface area contributed by atoms with Crippen LogP contribution in [0.4, 0.5) is 0 Å². The molecule has 1 aliphatic rings. The number of carbonyl (C=O) groups is 1. The van der Waals surface area contributed by atoms with E-state index in [0.717, 1.165) is 10.8 Å². The Labute approximate surface area is 106 Å². The minimum Gasteiger partial charge on any atom is -0.376 e. The summed E-state index contributed by atoms with van der Waals surface area (Å²) in [5.41, 5.74) is -0.155. The lowest BCUT2D eigenvalue weighted by Crippen LogP contribution is -2.37. The van der Waals surface area contributed by atoms with Gasteiger partial charge in [0, 0.05) is 17.0 Å². The maximum Gasteiger partial charge on any atom is 0.200 e. The smallest absolute Gasteiger partial charge is 0.200 e. The number of hydrogen-bond donors (Lipinski definition) is 1. The molecule has 1 aliphatic carbocycles. The Morgan fingerprint density at radius 3 is 2.61 bits per heavy atom. The normalized spacial score (nSPS) is 23.3. The fourth-order valence-electron chi connectivity index (χ4n) is 2.80. The fourth-order valence-corrected chi connectivity index (χ4v) is 2.80. The van der Waals surface area contributed by atoms with Gasteiger partial charge >= 0.3 is 0 Å². The molecule has 2 nitrogen and oxygen atoms in total. The molecule has 2 atom stereocenters.